The van der Waals surface area contributed by atoms with E-state index in [1.807, 2.05) is 0 Å². The highest BCUT2D eigenvalue weighted by Gasteiger charge is 2.76. The van der Waals surface area contributed by atoms with Gasteiger partial charge in [0.15, 0.2) is 0 Å². The van der Waals surface area contributed by atoms with Gasteiger partial charge in [0.25, 0.3) is 5.91 Å². The molecule has 3 amide bonds. The standard InChI is InChI=1S/C10H15N2O5P/c1-16-18(15,17-2)7-5-3-4-10(6(5)7)8(13)11-9(14)12-10/h5-7H,3-4H2,1-2H3,(H2,11,12,13,14)/t5-,6+,7+,10+/m0/s1. The van der Waals surface area contributed by atoms with Crippen molar-refractivity contribution in [1.29, 1.82) is 0 Å². The lowest BCUT2D eigenvalue weighted by Crippen LogP contribution is -2.48. The van der Waals surface area contributed by atoms with E-state index in [2.05, 4.69) is 10.6 Å². The number of imide groups is 1. The van der Waals surface area contributed by atoms with Crippen molar-refractivity contribution in [2.24, 2.45) is 11.8 Å². The van der Waals surface area contributed by atoms with Gasteiger partial charge in [0.1, 0.15) is 5.54 Å². The molecule has 0 aromatic rings. The Labute approximate surface area is 104 Å². The molecule has 0 aromatic heterocycles. The zero-order chi connectivity index (χ0) is 13.1. The van der Waals surface area contributed by atoms with Crippen molar-refractivity contribution >= 4 is 19.5 Å². The van der Waals surface area contributed by atoms with E-state index >= 15 is 0 Å². The molecule has 1 spiro atoms. The number of carbonyl (C=O) groups is 2. The minimum Gasteiger partial charge on any atom is -0.323 e. The van der Waals surface area contributed by atoms with Crippen molar-refractivity contribution in [1.82, 2.24) is 10.6 Å². The Morgan fingerprint density at radius 3 is 2.50 bits per heavy atom. The van der Waals surface area contributed by atoms with Gasteiger partial charge in [-0.1, -0.05) is 0 Å². The first kappa shape index (κ1) is 12.1. The van der Waals surface area contributed by atoms with E-state index < -0.39 is 19.2 Å². The Balaban J connectivity index is 1.90. The molecule has 0 unspecified atom stereocenters. The SMILES string of the molecule is COP(=O)(OC)[C@@H]1[C@H]2CC[C@@]3(NC(=O)NC3=O)[C@H]21. The molecular formula is C10H15N2O5P. The summed E-state index contributed by atoms with van der Waals surface area (Å²) in [5.74, 6) is -0.337. The van der Waals surface area contributed by atoms with Crippen molar-refractivity contribution in [2.75, 3.05) is 14.2 Å². The van der Waals surface area contributed by atoms with Gasteiger partial charge in [-0.25, -0.2) is 4.79 Å². The first-order valence-corrected chi connectivity index (χ1v) is 7.44. The van der Waals surface area contributed by atoms with Gasteiger partial charge in [0.2, 0.25) is 0 Å². The number of amides is 3. The predicted molar refractivity (Wildman–Crippen MR) is 61.0 cm³/mol. The maximum Gasteiger partial charge on any atom is 0.333 e. The second-order valence-corrected chi connectivity index (χ2v) is 7.41. The predicted octanol–water partition coefficient (Wildman–Crippen LogP) is 0.459. The molecule has 3 fully saturated rings. The van der Waals surface area contributed by atoms with Crippen LogP contribution in [-0.2, 0) is 18.4 Å². The van der Waals surface area contributed by atoms with Crippen LogP contribution in [0.4, 0.5) is 4.79 Å². The molecular weight excluding hydrogens is 259 g/mol. The van der Waals surface area contributed by atoms with Gasteiger partial charge < -0.3 is 14.4 Å². The van der Waals surface area contributed by atoms with Crippen molar-refractivity contribution in [3.63, 3.8) is 0 Å². The molecule has 18 heavy (non-hydrogen) atoms. The Kier molecular flexibility index (Phi) is 2.40. The molecule has 2 N–H and O–H groups in total. The lowest BCUT2D eigenvalue weighted by Gasteiger charge is -2.25. The van der Waals surface area contributed by atoms with Crippen molar-refractivity contribution in [2.45, 2.75) is 24.0 Å². The maximum absolute atomic E-state index is 12.4. The minimum atomic E-state index is -3.18. The smallest absolute Gasteiger partial charge is 0.323 e. The summed E-state index contributed by atoms with van der Waals surface area (Å²) in [7, 11) is -0.485. The van der Waals surface area contributed by atoms with Crippen molar-refractivity contribution < 1.29 is 23.2 Å². The third-order valence-electron chi connectivity index (χ3n) is 4.41. The van der Waals surface area contributed by atoms with E-state index in [-0.39, 0.29) is 23.4 Å². The summed E-state index contributed by atoms with van der Waals surface area (Å²) in [5, 5.41) is 4.94. The number of nitrogens with one attached hydrogen (secondary N) is 2. The lowest BCUT2D eigenvalue weighted by atomic mass is 9.93. The van der Waals surface area contributed by atoms with Crippen LogP contribution in [0.15, 0.2) is 0 Å². The second-order valence-electron chi connectivity index (χ2n) is 5.00. The molecule has 3 rings (SSSR count). The average molecular weight is 274 g/mol. The molecule has 3 aliphatic rings. The van der Waals surface area contributed by atoms with Gasteiger partial charge >= 0.3 is 13.6 Å². The van der Waals surface area contributed by atoms with E-state index in [0.29, 0.717) is 6.42 Å². The summed E-state index contributed by atoms with van der Waals surface area (Å²) >= 11 is 0. The minimum absolute atomic E-state index is 0.125. The highest BCUT2D eigenvalue weighted by molar-refractivity contribution is 7.55. The molecule has 1 aliphatic heterocycles. The summed E-state index contributed by atoms with van der Waals surface area (Å²) in [4.78, 5) is 23.2. The second kappa shape index (κ2) is 3.56. The molecule has 1 saturated heterocycles. The van der Waals surface area contributed by atoms with E-state index in [1.54, 1.807) is 0 Å². The number of fused-ring (bicyclic) bond motifs is 2. The molecule has 0 radical (unpaired) electrons. The molecule has 4 atom stereocenters. The van der Waals surface area contributed by atoms with Gasteiger partial charge in [-0.2, -0.15) is 0 Å². The number of hydrogen-bond acceptors (Lipinski definition) is 5. The fourth-order valence-electron chi connectivity index (χ4n) is 3.59. The summed E-state index contributed by atoms with van der Waals surface area (Å²) in [5.41, 5.74) is -1.19. The van der Waals surface area contributed by atoms with Crippen LogP contribution in [0.2, 0.25) is 0 Å². The Bertz CT molecular complexity index is 473. The van der Waals surface area contributed by atoms with Gasteiger partial charge in [0.05, 0.1) is 5.66 Å². The summed E-state index contributed by atoms with van der Waals surface area (Å²) in [6.45, 7) is 0. The van der Waals surface area contributed by atoms with Crippen LogP contribution in [0, 0.1) is 11.8 Å². The zero-order valence-corrected chi connectivity index (χ0v) is 11.0. The number of carbonyl (C=O) groups excluding carboxylic acids is 2. The summed E-state index contributed by atoms with van der Waals surface area (Å²) in [6, 6.07) is -0.476. The Morgan fingerprint density at radius 2 is 2.00 bits per heavy atom. The van der Waals surface area contributed by atoms with Gasteiger partial charge in [-0.3, -0.25) is 14.7 Å². The molecule has 7 nitrogen and oxygen atoms in total. The quantitative estimate of drug-likeness (QED) is 0.576. The van der Waals surface area contributed by atoms with Crippen molar-refractivity contribution in [3.05, 3.63) is 0 Å². The van der Waals surface area contributed by atoms with E-state index in [9.17, 15) is 14.2 Å². The molecule has 100 valence electrons. The average Bonchev–Trinajstić information content (AvgIpc) is 2.89. The first-order valence-electron chi connectivity index (χ1n) is 5.83. The lowest BCUT2D eigenvalue weighted by molar-refractivity contribution is -0.124. The normalized spacial score (nSPS) is 41.8. The Morgan fingerprint density at radius 1 is 1.33 bits per heavy atom. The molecule has 2 saturated carbocycles. The fourth-order valence-corrected chi connectivity index (χ4v) is 5.80. The molecule has 0 bridgehead atoms. The Hall–Kier alpha value is -0.910. The summed E-state index contributed by atoms with van der Waals surface area (Å²) < 4.78 is 22.4. The van der Waals surface area contributed by atoms with Crippen LogP contribution in [-0.4, -0.2) is 37.4 Å². The molecule has 1 heterocycles. The van der Waals surface area contributed by atoms with Gasteiger partial charge in [-0.05, 0) is 18.8 Å². The van der Waals surface area contributed by atoms with E-state index in [1.165, 1.54) is 14.2 Å². The van der Waals surface area contributed by atoms with Gasteiger partial charge in [-0.15, -0.1) is 0 Å². The fraction of sp³-hybridized carbons (Fsp3) is 0.800. The molecule has 8 heteroatoms. The van der Waals surface area contributed by atoms with Crippen LogP contribution >= 0.6 is 7.60 Å². The first-order chi connectivity index (χ1) is 8.48. The highest BCUT2D eigenvalue weighted by atomic mass is 31.2. The van der Waals surface area contributed by atoms with E-state index in [4.69, 9.17) is 9.05 Å². The maximum atomic E-state index is 12.4. The largest absolute Gasteiger partial charge is 0.333 e. The van der Waals surface area contributed by atoms with Crippen LogP contribution in [0.5, 0.6) is 0 Å². The summed E-state index contributed by atoms with van der Waals surface area (Å²) in [6.07, 6.45) is 1.34. The number of urea groups is 1. The van der Waals surface area contributed by atoms with Crippen LogP contribution in [0.3, 0.4) is 0 Å². The molecule has 2 aliphatic carbocycles. The molecule has 0 aromatic carbocycles. The van der Waals surface area contributed by atoms with Crippen molar-refractivity contribution in [3.8, 4) is 0 Å². The van der Waals surface area contributed by atoms with E-state index in [0.717, 1.165) is 6.42 Å². The van der Waals surface area contributed by atoms with Gasteiger partial charge in [0, 0.05) is 20.1 Å². The monoisotopic (exact) mass is 274 g/mol. The number of hydrogen-bond donors (Lipinski definition) is 2. The number of rotatable bonds is 3. The van der Waals surface area contributed by atoms with Crippen LogP contribution < -0.4 is 10.6 Å². The highest BCUT2D eigenvalue weighted by Crippen LogP contribution is 2.74. The van der Waals surface area contributed by atoms with Crippen LogP contribution in [0.1, 0.15) is 12.8 Å². The third kappa shape index (κ3) is 1.30. The zero-order valence-electron chi connectivity index (χ0n) is 10.1. The van der Waals surface area contributed by atoms with Crippen LogP contribution in [0.25, 0.3) is 0 Å². The third-order valence-corrected chi connectivity index (χ3v) is 6.86. The topological polar surface area (TPSA) is 93.7 Å².